The molecular formula is C13H11BrINO2S. The first-order valence-electron chi connectivity index (χ1n) is 5.49. The van der Waals surface area contributed by atoms with Gasteiger partial charge in [-0.05, 0) is 59.3 Å². The van der Waals surface area contributed by atoms with Gasteiger partial charge < -0.3 is 10.4 Å². The molecule has 0 saturated carbocycles. The van der Waals surface area contributed by atoms with Crippen LogP contribution in [0.4, 0.5) is 5.69 Å². The third-order valence-electron chi connectivity index (χ3n) is 2.63. The van der Waals surface area contributed by atoms with Crippen LogP contribution < -0.4 is 5.32 Å². The molecule has 0 fully saturated rings. The van der Waals surface area contributed by atoms with Crippen LogP contribution in [0.1, 0.15) is 20.1 Å². The molecule has 1 aromatic carbocycles. The fourth-order valence-corrected chi connectivity index (χ4v) is 3.39. The van der Waals surface area contributed by atoms with Crippen molar-refractivity contribution in [2.24, 2.45) is 0 Å². The first-order valence-corrected chi connectivity index (χ1v) is 8.17. The van der Waals surface area contributed by atoms with Gasteiger partial charge in [-0.2, -0.15) is 0 Å². The predicted octanol–water partition coefficient (Wildman–Crippen LogP) is 4.73. The number of benzene rings is 1. The second-order valence-electron chi connectivity index (χ2n) is 3.97. The lowest BCUT2D eigenvalue weighted by molar-refractivity contribution is 0.0702. The Labute approximate surface area is 137 Å². The highest BCUT2D eigenvalue weighted by molar-refractivity contribution is 14.1. The van der Waals surface area contributed by atoms with Gasteiger partial charge in [-0.15, -0.1) is 11.3 Å². The van der Waals surface area contributed by atoms with E-state index >= 15 is 0 Å². The zero-order valence-corrected chi connectivity index (χ0v) is 14.6. The largest absolute Gasteiger partial charge is 0.477 e. The predicted molar refractivity (Wildman–Crippen MR) is 90.2 cm³/mol. The minimum absolute atomic E-state index is 0.387. The number of carboxylic acid groups (broad SMARTS) is 1. The number of aryl methyl sites for hydroxylation is 1. The van der Waals surface area contributed by atoms with E-state index in [1.165, 1.54) is 11.3 Å². The summed E-state index contributed by atoms with van der Waals surface area (Å²) in [7, 11) is 0. The Hall–Kier alpha value is -0.600. The van der Waals surface area contributed by atoms with Crippen molar-refractivity contribution in [1.29, 1.82) is 0 Å². The number of aromatic carboxylic acids is 1. The van der Waals surface area contributed by atoms with Crippen LogP contribution in [0.3, 0.4) is 0 Å². The Kier molecular flexibility index (Phi) is 4.86. The Morgan fingerprint density at radius 3 is 2.84 bits per heavy atom. The van der Waals surface area contributed by atoms with Crippen LogP contribution in [-0.2, 0) is 6.54 Å². The Balaban J connectivity index is 2.14. The Morgan fingerprint density at radius 2 is 2.21 bits per heavy atom. The van der Waals surface area contributed by atoms with Crippen LogP contribution in [-0.4, -0.2) is 11.1 Å². The van der Waals surface area contributed by atoms with E-state index in [9.17, 15) is 4.79 Å². The topological polar surface area (TPSA) is 49.3 Å². The number of hydrogen-bond donors (Lipinski definition) is 2. The molecule has 0 aliphatic heterocycles. The first-order chi connectivity index (χ1) is 8.97. The highest BCUT2D eigenvalue weighted by Gasteiger charge is 2.11. The summed E-state index contributed by atoms with van der Waals surface area (Å²) >= 11 is 7.02. The fraction of sp³-hybridized carbons (Fsp3) is 0.154. The summed E-state index contributed by atoms with van der Waals surface area (Å²) in [5, 5.41) is 12.3. The van der Waals surface area contributed by atoms with E-state index < -0.39 is 5.97 Å². The van der Waals surface area contributed by atoms with Crippen molar-refractivity contribution in [3.05, 3.63) is 47.6 Å². The van der Waals surface area contributed by atoms with E-state index in [0.29, 0.717) is 11.4 Å². The molecule has 19 heavy (non-hydrogen) atoms. The van der Waals surface area contributed by atoms with Crippen LogP contribution >= 0.6 is 49.9 Å². The molecule has 2 N–H and O–H groups in total. The summed E-state index contributed by atoms with van der Waals surface area (Å²) in [5.41, 5.74) is 2.07. The molecule has 6 heteroatoms. The van der Waals surface area contributed by atoms with E-state index in [1.54, 1.807) is 6.07 Å². The lowest BCUT2D eigenvalue weighted by Crippen LogP contribution is -2.01. The monoisotopic (exact) mass is 451 g/mol. The molecule has 3 nitrogen and oxygen atoms in total. The van der Waals surface area contributed by atoms with E-state index in [0.717, 1.165) is 24.2 Å². The summed E-state index contributed by atoms with van der Waals surface area (Å²) in [6.45, 7) is 2.57. The average Bonchev–Trinajstić information content (AvgIpc) is 2.72. The molecule has 0 aliphatic carbocycles. The molecule has 1 aromatic heterocycles. The lowest BCUT2D eigenvalue weighted by atomic mass is 10.2. The van der Waals surface area contributed by atoms with E-state index in [1.807, 2.05) is 25.1 Å². The lowest BCUT2D eigenvalue weighted by Gasteiger charge is -2.08. The van der Waals surface area contributed by atoms with Crippen molar-refractivity contribution in [2.75, 3.05) is 5.32 Å². The number of nitrogens with one attached hydrogen (secondary N) is 1. The summed E-state index contributed by atoms with van der Waals surface area (Å²) < 4.78 is 2.15. The van der Waals surface area contributed by atoms with Crippen molar-refractivity contribution in [1.82, 2.24) is 0 Å². The maximum atomic E-state index is 10.9. The molecule has 0 atom stereocenters. The van der Waals surface area contributed by atoms with Crippen molar-refractivity contribution >= 4 is 61.5 Å². The van der Waals surface area contributed by atoms with Crippen LogP contribution in [0.25, 0.3) is 0 Å². The van der Waals surface area contributed by atoms with Gasteiger partial charge in [0, 0.05) is 25.2 Å². The molecule has 0 bridgehead atoms. The summed E-state index contributed by atoms with van der Waals surface area (Å²) in [6.07, 6.45) is 0. The number of halogens is 2. The van der Waals surface area contributed by atoms with Gasteiger partial charge in [-0.3, -0.25) is 0 Å². The van der Waals surface area contributed by atoms with Crippen molar-refractivity contribution < 1.29 is 9.90 Å². The number of thiophene rings is 1. The molecule has 0 unspecified atom stereocenters. The third-order valence-corrected chi connectivity index (χ3v) is 5.14. The summed E-state index contributed by atoms with van der Waals surface area (Å²) in [6, 6.07) is 7.77. The average molecular weight is 452 g/mol. The van der Waals surface area contributed by atoms with E-state index in [-0.39, 0.29) is 0 Å². The van der Waals surface area contributed by atoms with Gasteiger partial charge in [0.2, 0.25) is 0 Å². The quantitative estimate of drug-likeness (QED) is 0.660. The zero-order chi connectivity index (χ0) is 14.0. The highest BCUT2D eigenvalue weighted by atomic mass is 127. The Morgan fingerprint density at radius 1 is 1.47 bits per heavy atom. The van der Waals surface area contributed by atoms with Gasteiger partial charge in [0.15, 0.2) is 0 Å². The van der Waals surface area contributed by atoms with Crippen LogP contribution in [0.5, 0.6) is 0 Å². The van der Waals surface area contributed by atoms with Gasteiger partial charge in [-0.1, -0.05) is 15.9 Å². The van der Waals surface area contributed by atoms with Gasteiger partial charge >= 0.3 is 5.97 Å². The highest BCUT2D eigenvalue weighted by Crippen LogP contribution is 2.26. The zero-order valence-electron chi connectivity index (χ0n) is 10.0. The smallest absolute Gasteiger partial charge is 0.345 e. The first kappa shape index (κ1) is 14.8. The van der Waals surface area contributed by atoms with Gasteiger partial charge in [0.1, 0.15) is 4.88 Å². The van der Waals surface area contributed by atoms with Crippen LogP contribution in [0.2, 0.25) is 0 Å². The number of carbonyl (C=O) groups is 1. The SMILES string of the molecule is Cc1sc(C(=O)O)cc1CNc1cc(Br)ccc1I. The van der Waals surface area contributed by atoms with Crippen molar-refractivity contribution in [2.45, 2.75) is 13.5 Å². The van der Waals surface area contributed by atoms with Crippen molar-refractivity contribution in [3.63, 3.8) is 0 Å². The second kappa shape index (κ2) is 6.23. The third kappa shape index (κ3) is 3.70. The molecular weight excluding hydrogens is 441 g/mol. The molecule has 0 amide bonds. The standard InChI is InChI=1S/C13H11BrINO2S/c1-7-8(4-12(19-7)13(17)18)6-16-11-5-9(14)2-3-10(11)15/h2-5,16H,6H2,1H3,(H,17,18). The van der Waals surface area contributed by atoms with Gasteiger partial charge in [0.25, 0.3) is 0 Å². The molecule has 2 aromatic rings. The number of anilines is 1. The molecule has 0 aliphatic rings. The van der Waals surface area contributed by atoms with Gasteiger partial charge in [-0.25, -0.2) is 4.79 Å². The molecule has 2 rings (SSSR count). The second-order valence-corrected chi connectivity index (χ2v) is 7.31. The van der Waals surface area contributed by atoms with E-state index in [2.05, 4.69) is 43.8 Å². The summed E-state index contributed by atoms with van der Waals surface area (Å²) in [5.74, 6) is -0.864. The van der Waals surface area contributed by atoms with Crippen LogP contribution in [0.15, 0.2) is 28.7 Å². The van der Waals surface area contributed by atoms with E-state index in [4.69, 9.17) is 5.11 Å². The minimum Gasteiger partial charge on any atom is -0.477 e. The number of rotatable bonds is 4. The maximum Gasteiger partial charge on any atom is 0.345 e. The molecule has 0 spiro atoms. The minimum atomic E-state index is -0.864. The van der Waals surface area contributed by atoms with Crippen LogP contribution in [0, 0.1) is 10.5 Å². The van der Waals surface area contributed by atoms with Gasteiger partial charge in [0.05, 0.1) is 0 Å². The number of hydrogen-bond acceptors (Lipinski definition) is 3. The summed E-state index contributed by atoms with van der Waals surface area (Å²) in [4.78, 5) is 12.3. The Bertz CT molecular complexity index is 627. The molecule has 0 radical (unpaired) electrons. The van der Waals surface area contributed by atoms with Crippen molar-refractivity contribution in [3.8, 4) is 0 Å². The maximum absolute atomic E-state index is 10.9. The molecule has 100 valence electrons. The number of carboxylic acids is 1. The molecule has 1 heterocycles. The normalized spacial score (nSPS) is 10.5. The molecule has 0 saturated heterocycles. The fourth-order valence-electron chi connectivity index (χ4n) is 1.62.